The Kier molecular flexibility index (Phi) is 4.51. The maximum Gasteiger partial charge on any atom is 0.416 e. The Bertz CT molecular complexity index is 741. The van der Waals surface area contributed by atoms with E-state index in [2.05, 4.69) is 10.1 Å². The number of hydrogen-bond donors (Lipinski definition) is 1. The molecule has 0 radical (unpaired) electrons. The summed E-state index contributed by atoms with van der Waals surface area (Å²) < 4.78 is 46.3. The van der Waals surface area contributed by atoms with Gasteiger partial charge in [0.05, 0.1) is 11.3 Å². The van der Waals surface area contributed by atoms with E-state index < -0.39 is 17.8 Å². The van der Waals surface area contributed by atoms with E-state index in [-0.39, 0.29) is 30.6 Å². The highest BCUT2D eigenvalue weighted by Gasteiger charge is 2.32. The van der Waals surface area contributed by atoms with Crippen LogP contribution in [-0.2, 0) is 6.18 Å². The number of carbonyl (C=O) groups is 1. The van der Waals surface area contributed by atoms with E-state index in [1.165, 1.54) is 28.3 Å². The molecule has 1 amide bonds. The number of rotatable bonds is 3. The molecule has 134 valence electrons. The van der Waals surface area contributed by atoms with Crippen LogP contribution in [0.5, 0.6) is 5.75 Å². The summed E-state index contributed by atoms with van der Waals surface area (Å²) >= 11 is 0. The lowest BCUT2D eigenvalue weighted by Crippen LogP contribution is -2.41. The molecule has 1 fully saturated rings. The lowest BCUT2D eigenvalue weighted by molar-refractivity contribution is -0.137. The fourth-order valence-electron chi connectivity index (χ4n) is 2.65. The lowest BCUT2D eigenvalue weighted by atomic mass is 10.1. The summed E-state index contributed by atoms with van der Waals surface area (Å²) in [6.07, 6.45) is -2.52. The van der Waals surface area contributed by atoms with Crippen LogP contribution < -0.4 is 4.74 Å². The molecule has 1 aromatic heterocycles. The number of carboxylic acid groups (broad SMARTS) is 1. The van der Waals surface area contributed by atoms with Gasteiger partial charge in [-0.1, -0.05) is 0 Å². The van der Waals surface area contributed by atoms with Gasteiger partial charge in [0.1, 0.15) is 24.5 Å². The first-order chi connectivity index (χ1) is 11.8. The molecule has 0 bridgehead atoms. The second kappa shape index (κ2) is 6.61. The molecule has 0 aliphatic carbocycles. The van der Waals surface area contributed by atoms with E-state index in [1.54, 1.807) is 0 Å². The van der Waals surface area contributed by atoms with Crippen LogP contribution in [0.3, 0.4) is 0 Å². The summed E-state index contributed by atoms with van der Waals surface area (Å²) in [4.78, 5) is 15.9. The first kappa shape index (κ1) is 17.1. The smallest absolute Gasteiger partial charge is 0.416 e. The topological polar surface area (TPSA) is 80.5 Å². The minimum Gasteiger partial charge on any atom is -0.490 e. The molecule has 0 spiro atoms. The lowest BCUT2D eigenvalue weighted by Gasteiger charge is -2.30. The van der Waals surface area contributed by atoms with Gasteiger partial charge < -0.3 is 14.7 Å². The van der Waals surface area contributed by atoms with E-state index in [9.17, 15) is 18.0 Å². The van der Waals surface area contributed by atoms with Crippen LogP contribution in [-0.4, -0.2) is 50.1 Å². The summed E-state index contributed by atoms with van der Waals surface area (Å²) in [5, 5.41) is 12.8. The largest absolute Gasteiger partial charge is 0.490 e. The Morgan fingerprint density at radius 3 is 2.52 bits per heavy atom. The Hall–Kier alpha value is -2.78. The standard InChI is InChI=1S/C15H15F3N4O3/c16-15(17,18)10-5-11(22-9-19-8-20-22)7-13(6-10)25-12-1-3-21(4-2-12)14(23)24/h5-9,12H,1-4H2,(H,23,24). The van der Waals surface area contributed by atoms with Crippen molar-refractivity contribution in [2.24, 2.45) is 0 Å². The van der Waals surface area contributed by atoms with Gasteiger partial charge in [0, 0.05) is 32.0 Å². The molecular formula is C15H15F3N4O3. The number of nitrogens with zero attached hydrogens (tertiary/aromatic N) is 4. The van der Waals surface area contributed by atoms with Crippen molar-refractivity contribution in [2.45, 2.75) is 25.1 Å². The van der Waals surface area contributed by atoms with Crippen molar-refractivity contribution in [3.63, 3.8) is 0 Å². The fourth-order valence-corrected chi connectivity index (χ4v) is 2.65. The number of ether oxygens (including phenoxy) is 1. The molecule has 0 saturated carbocycles. The third kappa shape index (κ3) is 4.01. The molecule has 1 N–H and O–H groups in total. The van der Waals surface area contributed by atoms with E-state index in [1.807, 2.05) is 0 Å². The Balaban J connectivity index is 1.81. The number of amides is 1. The third-order valence-electron chi connectivity index (χ3n) is 3.92. The van der Waals surface area contributed by atoms with Crippen LogP contribution in [0.2, 0.25) is 0 Å². The number of halogens is 3. The van der Waals surface area contributed by atoms with Crippen molar-refractivity contribution in [2.75, 3.05) is 13.1 Å². The second-order valence-corrected chi connectivity index (χ2v) is 5.64. The van der Waals surface area contributed by atoms with Crippen LogP contribution in [0.15, 0.2) is 30.9 Å². The van der Waals surface area contributed by atoms with Crippen molar-refractivity contribution >= 4 is 6.09 Å². The van der Waals surface area contributed by atoms with E-state index in [0.29, 0.717) is 12.8 Å². The van der Waals surface area contributed by atoms with Crippen molar-refractivity contribution in [3.05, 3.63) is 36.4 Å². The van der Waals surface area contributed by atoms with Crippen LogP contribution in [0.25, 0.3) is 5.69 Å². The van der Waals surface area contributed by atoms with Gasteiger partial charge in [-0.05, 0) is 12.1 Å². The molecule has 2 heterocycles. The zero-order chi connectivity index (χ0) is 18.0. The zero-order valence-corrected chi connectivity index (χ0v) is 13.0. The zero-order valence-electron chi connectivity index (χ0n) is 13.0. The summed E-state index contributed by atoms with van der Waals surface area (Å²) in [5.41, 5.74) is -0.663. The number of hydrogen-bond acceptors (Lipinski definition) is 4. The number of alkyl halides is 3. The van der Waals surface area contributed by atoms with E-state index >= 15 is 0 Å². The average molecular weight is 356 g/mol. The molecule has 25 heavy (non-hydrogen) atoms. The van der Waals surface area contributed by atoms with Crippen molar-refractivity contribution in [1.29, 1.82) is 0 Å². The molecule has 1 aliphatic rings. The average Bonchev–Trinajstić information content (AvgIpc) is 3.09. The molecular weight excluding hydrogens is 341 g/mol. The Labute approximate surface area is 140 Å². The molecule has 7 nitrogen and oxygen atoms in total. The van der Waals surface area contributed by atoms with Gasteiger partial charge in [0.25, 0.3) is 0 Å². The van der Waals surface area contributed by atoms with Gasteiger partial charge >= 0.3 is 12.3 Å². The van der Waals surface area contributed by atoms with Crippen LogP contribution >= 0.6 is 0 Å². The van der Waals surface area contributed by atoms with Gasteiger partial charge in [0.2, 0.25) is 0 Å². The number of piperidine rings is 1. The normalized spacial score (nSPS) is 16.0. The minimum atomic E-state index is -4.53. The molecule has 0 unspecified atom stereocenters. The van der Waals surface area contributed by atoms with E-state index in [0.717, 1.165) is 12.1 Å². The minimum absolute atomic E-state index is 0.0640. The van der Waals surface area contributed by atoms with Crippen molar-refractivity contribution in [3.8, 4) is 11.4 Å². The number of aromatic nitrogens is 3. The SMILES string of the molecule is O=C(O)N1CCC(Oc2cc(-n3cncn3)cc(C(F)(F)F)c2)CC1. The van der Waals surface area contributed by atoms with Crippen LogP contribution in [0.1, 0.15) is 18.4 Å². The molecule has 1 saturated heterocycles. The fraction of sp³-hybridized carbons (Fsp3) is 0.400. The third-order valence-corrected chi connectivity index (χ3v) is 3.92. The van der Waals surface area contributed by atoms with Crippen molar-refractivity contribution < 1.29 is 27.8 Å². The van der Waals surface area contributed by atoms with Gasteiger partial charge in [-0.25, -0.2) is 14.5 Å². The molecule has 0 atom stereocenters. The monoisotopic (exact) mass is 356 g/mol. The molecule has 1 aliphatic heterocycles. The first-order valence-corrected chi connectivity index (χ1v) is 7.55. The summed E-state index contributed by atoms with van der Waals surface area (Å²) in [6, 6.07) is 3.35. The predicted octanol–water partition coefficient (Wildman–Crippen LogP) is 2.81. The van der Waals surface area contributed by atoms with Gasteiger partial charge in [0.15, 0.2) is 0 Å². The van der Waals surface area contributed by atoms with Crippen LogP contribution in [0.4, 0.5) is 18.0 Å². The highest BCUT2D eigenvalue weighted by atomic mass is 19.4. The maximum absolute atomic E-state index is 13.1. The summed E-state index contributed by atoms with van der Waals surface area (Å²) in [5.74, 6) is 0.0640. The van der Waals surface area contributed by atoms with Crippen molar-refractivity contribution in [1.82, 2.24) is 19.7 Å². The second-order valence-electron chi connectivity index (χ2n) is 5.64. The van der Waals surface area contributed by atoms with Gasteiger partial charge in [-0.2, -0.15) is 18.3 Å². The quantitative estimate of drug-likeness (QED) is 0.915. The maximum atomic E-state index is 13.1. The van der Waals surface area contributed by atoms with Gasteiger partial charge in [-0.3, -0.25) is 0 Å². The number of likely N-dealkylation sites (tertiary alicyclic amines) is 1. The number of benzene rings is 1. The molecule has 2 aromatic rings. The molecule has 3 rings (SSSR count). The summed E-state index contributed by atoms with van der Waals surface area (Å²) in [7, 11) is 0. The Morgan fingerprint density at radius 2 is 1.96 bits per heavy atom. The van der Waals surface area contributed by atoms with Gasteiger partial charge in [-0.15, -0.1) is 0 Å². The predicted molar refractivity (Wildman–Crippen MR) is 79.6 cm³/mol. The summed E-state index contributed by atoms with van der Waals surface area (Å²) in [6.45, 7) is 0.573. The first-order valence-electron chi connectivity index (χ1n) is 7.55. The van der Waals surface area contributed by atoms with Crippen LogP contribution in [0, 0.1) is 0 Å². The highest BCUT2D eigenvalue weighted by molar-refractivity contribution is 5.65. The van der Waals surface area contributed by atoms with E-state index in [4.69, 9.17) is 9.84 Å². The highest BCUT2D eigenvalue weighted by Crippen LogP contribution is 2.34. The Morgan fingerprint density at radius 1 is 1.24 bits per heavy atom. The molecule has 1 aromatic carbocycles. The molecule has 10 heteroatoms.